The maximum atomic E-state index is 11.0. The second-order valence-electron chi connectivity index (χ2n) is 2.77. The predicted molar refractivity (Wildman–Crippen MR) is 47.9 cm³/mol. The van der Waals surface area contributed by atoms with Crippen LogP contribution in [0.1, 0.15) is 20.8 Å². The first-order chi connectivity index (χ1) is 5.99. The van der Waals surface area contributed by atoms with Crippen LogP contribution in [-0.2, 0) is 14.3 Å². The minimum Gasteiger partial charge on any atom is -0.464 e. The Balaban J connectivity index is 3.92. The average molecular weight is 188 g/mol. The summed E-state index contributed by atoms with van der Waals surface area (Å²) in [5, 5.41) is 2.43. The number of carbonyl (C=O) groups excluding carboxylic acids is 2. The second-order valence-corrected chi connectivity index (χ2v) is 2.77. The molecular weight excluding hydrogens is 172 g/mol. The highest BCUT2D eigenvalue weighted by molar-refractivity contribution is 5.86. The molecule has 0 aromatic carbocycles. The minimum atomic E-state index is -0.640. The minimum absolute atomic E-state index is 0.303. The number of carbonyl (C=O) groups is 2. The molecule has 0 saturated carbocycles. The normalized spacial score (nSPS) is 14.5. The molecule has 0 radical (unpaired) electrons. The molecule has 0 heterocycles. The summed E-state index contributed by atoms with van der Waals surface area (Å²) in [7, 11) is 0. The van der Waals surface area contributed by atoms with Crippen LogP contribution in [0.25, 0.3) is 0 Å². The average Bonchev–Trinajstić information content (AvgIpc) is 2.04. The van der Waals surface area contributed by atoms with Gasteiger partial charge in [0.05, 0.1) is 12.6 Å². The van der Waals surface area contributed by atoms with Crippen molar-refractivity contribution in [2.45, 2.75) is 32.9 Å². The second kappa shape index (κ2) is 5.53. The molecule has 0 bridgehead atoms. The Hall–Kier alpha value is -1.10. The highest BCUT2D eigenvalue weighted by Gasteiger charge is 2.17. The van der Waals surface area contributed by atoms with Crippen molar-refractivity contribution in [2.24, 2.45) is 5.73 Å². The number of hydrogen-bond donors (Lipinski definition) is 2. The van der Waals surface area contributed by atoms with Gasteiger partial charge in [0, 0.05) is 0 Å². The van der Waals surface area contributed by atoms with Gasteiger partial charge in [0.25, 0.3) is 0 Å². The van der Waals surface area contributed by atoms with E-state index < -0.39 is 18.1 Å². The monoisotopic (exact) mass is 188 g/mol. The number of ether oxygens (including phenoxy) is 1. The molecular formula is C8H16N2O3. The van der Waals surface area contributed by atoms with E-state index in [-0.39, 0.29) is 5.91 Å². The van der Waals surface area contributed by atoms with Gasteiger partial charge in [-0.2, -0.15) is 0 Å². The van der Waals surface area contributed by atoms with E-state index in [1.165, 1.54) is 0 Å². The van der Waals surface area contributed by atoms with Crippen LogP contribution in [0.5, 0.6) is 0 Å². The van der Waals surface area contributed by atoms with Crippen LogP contribution < -0.4 is 11.1 Å². The molecule has 1 amide bonds. The van der Waals surface area contributed by atoms with Gasteiger partial charge in [-0.3, -0.25) is 4.79 Å². The highest BCUT2D eigenvalue weighted by atomic mass is 16.5. The molecule has 0 aromatic heterocycles. The van der Waals surface area contributed by atoms with Crippen molar-refractivity contribution in [3.8, 4) is 0 Å². The van der Waals surface area contributed by atoms with Crippen LogP contribution in [0.3, 0.4) is 0 Å². The molecule has 0 aliphatic carbocycles. The molecule has 0 aromatic rings. The van der Waals surface area contributed by atoms with Crippen molar-refractivity contribution in [2.75, 3.05) is 6.61 Å². The van der Waals surface area contributed by atoms with E-state index >= 15 is 0 Å². The first-order valence-corrected chi connectivity index (χ1v) is 4.21. The molecule has 0 rings (SSSR count). The van der Waals surface area contributed by atoms with Crippen molar-refractivity contribution >= 4 is 11.9 Å². The third-order valence-electron chi connectivity index (χ3n) is 1.41. The molecule has 5 heteroatoms. The van der Waals surface area contributed by atoms with Gasteiger partial charge >= 0.3 is 5.97 Å². The van der Waals surface area contributed by atoms with Gasteiger partial charge < -0.3 is 15.8 Å². The SMILES string of the molecule is CCOC(=O)C(C)NC(=O)[C@H](C)N. The first-order valence-electron chi connectivity index (χ1n) is 4.21. The summed E-state index contributed by atoms with van der Waals surface area (Å²) in [4.78, 5) is 22.0. The topological polar surface area (TPSA) is 81.4 Å². The summed E-state index contributed by atoms with van der Waals surface area (Å²) in [6.45, 7) is 5.11. The quantitative estimate of drug-likeness (QED) is 0.577. The zero-order valence-corrected chi connectivity index (χ0v) is 8.16. The Bertz CT molecular complexity index is 192. The fourth-order valence-corrected chi connectivity index (χ4v) is 0.671. The number of rotatable bonds is 4. The third-order valence-corrected chi connectivity index (χ3v) is 1.41. The molecule has 3 N–H and O–H groups in total. The fourth-order valence-electron chi connectivity index (χ4n) is 0.671. The van der Waals surface area contributed by atoms with Gasteiger partial charge in [0.2, 0.25) is 5.91 Å². The van der Waals surface area contributed by atoms with Crippen molar-refractivity contribution in [1.29, 1.82) is 0 Å². The Kier molecular flexibility index (Phi) is 5.06. The lowest BCUT2D eigenvalue weighted by molar-refractivity contribution is -0.146. The molecule has 0 saturated heterocycles. The first kappa shape index (κ1) is 11.9. The van der Waals surface area contributed by atoms with Crippen LogP contribution in [0.15, 0.2) is 0 Å². The van der Waals surface area contributed by atoms with E-state index in [0.29, 0.717) is 6.61 Å². The van der Waals surface area contributed by atoms with Crippen molar-refractivity contribution < 1.29 is 14.3 Å². The number of esters is 1. The third kappa shape index (κ3) is 4.47. The summed E-state index contributed by atoms with van der Waals surface area (Å²) >= 11 is 0. The molecule has 2 atom stereocenters. The zero-order chi connectivity index (χ0) is 10.4. The van der Waals surface area contributed by atoms with Crippen LogP contribution in [-0.4, -0.2) is 30.6 Å². The van der Waals surface area contributed by atoms with Crippen LogP contribution in [0.4, 0.5) is 0 Å². The number of hydrogen-bond acceptors (Lipinski definition) is 4. The van der Waals surface area contributed by atoms with Crippen molar-refractivity contribution in [3.63, 3.8) is 0 Å². The van der Waals surface area contributed by atoms with E-state index in [1.807, 2.05) is 0 Å². The lowest BCUT2D eigenvalue weighted by atomic mass is 10.3. The smallest absolute Gasteiger partial charge is 0.328 e. The molecule has 0 aliphatic heterocycles. The van der Waals surface area contributed by atoms with Gasteiger partial charge in [-0.25, -0.2) is 4.79 Å². The summed E-state index contributed by atoms with van der Waals surface area (Å²) in [6, 6.07) is -1.25. The van der Waals surface area contributed by atoms with E-state index in [2.05, 4.69) is 10.1 Å². The standard InChI is InChI=1S/C8H16N2O3/c1-4-13-8(12)6(3)10-7(11)5(2)9/h5-6H,4,9H2,1-3H3,(H,10,11)/t5-,6?/m0/s1. The Labute approximate surface area is 77.6 Å². The maximum absolute atomic E-state index is 11.0. The van der Waals surface area contributed by atoms with Crippen molar-refractivity contribution in [3.05, 3.63) is 0 Å². The highest BCUT2D eigenvalue weighted by Crippen LogP contribution is 1.88. The van der Waals surface area contributed by atoms with E-state index in [0.717, 1.165) is 0 Å². The van der Waals surface area contributed by atoms with Crippen LogP contribution in [0.2, 0.25) is 0 Å². The van der Waals surface area contributed by atoms with Gasteiger partial charge in [-0.05, 0) is 20.8 Å². The number of amides is 1. The molecule has 0 fully saturated rings. The molecule has 76 valence electrons. The Morgan fingerprint density at radius 2 is 2.00 bits per heavy atom. The van der Waals surface area contributed by atoms with Crippen LogP contribution >= 0.6 is 0 Å². The zero-order valence-electron chi connectivity index (χ0n) is 8.16. The predicted octanol–water partition coefficient (Wildman–Crippen LogP) is -0.599. The molecule has 0 aliphatic rings. The van der Waals surface area contributed by atoms with Crippen LogP contribution in [0, 0.1) is 0 Å². The van der Waals surface area contributed by atoms with E-state index in [4.69, 9.17) is 5.73 Å². The maximum Gasteiger partial charge on any atom is 0.328 e. The molecule has 1 unspecified atom stereocenters. The number of nitrogens with one attached hydrogen (secondary N) is 1. The molecule has 5 nitrogen and oxygen atoms in total. The molecule has 0 spiro atoms. The Morgan fingerprint density at radius 1 is 1.46 bits per heavy atom. The van der Waals surface area contributed by atoms with E-state index in [9.17, 15) is 9.59 Å². The summed E-state index contributed by atoms with van der Waals surface area (Å²) in [5.74, 6) is -0.808. The Morgan fingerprint density at radius 3 is 2.38 bits per heavy atom. The lowest BCUT2D eigenvalue weighted by Crippen LogP contribution is -2.46. The van der Waals surface area contributed by atoms with Crippen molar-refractivity contribution in [1.82, 2.24) is 5.32 Å². The summed E-state index contributed by atoms with van der Waals surface area (Å²) in [6.07, 6.45) is 0. The van der Waals surface area contributed by atoms with Gasteiger partial charge in [0.15, 0.2) is 0 Å². The van der Waals surface area contributed by atoms with Gasteiger partial charge in [-0.15, -0.1) is 0 Å². The lowest BCUT2D eigenvalue weighted by Gasteiger charge is -2.13. The fraction of sp³-hybridized carbons (Fsp3) is 0.750. The van der Waals surface area contributed by atoms with E-state index in [1.54, 1.807) is 20.8 Å². The largest absolute Gasteiger partial charge is 0.464 e. The number of nitrogens with two attached hydrogens (primary N) is 1. The van der Waals surface area contributed by atoms with Gasteiger partial charge in [0.1, 0.15) is 6.04 Å². The van der Waals surface area contributed by atoms with Gasteiger partial charge in [-0.1, -0.05) is 0 Å². The molecule has 13 heavy (non-hydrogen) atoms. The summed E-state index contributed by atoms with van der Waals surface area (Å²) in [5.41, 5.74) is 5.29. The summed E-state index contributed by atoms with van der Waals surface area (Å²) < 4.78 is 4.69.